The number of aliphatic carboxylic acids is 1. The maximum Gasteiger partial charge on any atom is 0.303 e. The zero-order valence-corrected chi connectivity index (χ0v) is 17.2. The van der Waals surface area contributed by atoms with E-state index in [1.165, 1.54) is 12.1 Å². The van der Waals surface area contributed by atoms with Gasteiger partial charge in [0, 0.05) is 30.9 Å². The van der Waals surface area contributed by atoms with Crippen LogP contribution < -0.4 is 0 Å². The Morgan fingerprint density at radius 1 is 1.07 bits per heavy atom. The van der Waals surface area contributed by atoms with Crippen molar-refractivity contribution >= 4 is 38.1 Å². The lowest BCUT2D eigenvalue weighted by Gasteiger charge is -2.08. The van der Waals surface area contributed by atoms with Crippen molar-refractivity contribution in [2.45, 2.75) is 50.3 Å². The minimum absolute atomic E-state index is 0.0835. The Kier molecular flexibility index (Phi) is 9.21. The second-order valence-corrected chi connectivity index (χ2v) is 9.43. The second kappa shape index (κ2) is 10.6. The molecular weight excluding hydrogens is 410 g/mol. The van der Waals surface area contributed by atoms with Crippen molar-refractivity contribution in [2.24, 2.45) is 0 Å². The molecule has 0 unspecified atom stereocenters. The summed E-state index contributed by atoms with van der Waals surface area (Å²) in [5, 5.41) is 8.68. The Labute approximate surface area is 165 Å². The van der Waals surface area contributed by atoms with E-state index < -0.39 is 26.2 Å². The van der Waals surface area contributed by atoms with Gasteiger partial charge in [0.15, 0.2) is 0 Å². The van der Waals surface area contributed by atoms with Crippen molar-refractivity contribution in [1.29, 1.82) is 0 Å². The van der Waals surface area contributed by atoms with Crippen molar-refractivity contribution in [1.82, 2.24) is 0 Å². The standard InChI is InChI=1S/C17H25NO8S2/c1-14-13-15(28(24,25)26)8-9-16(14)18(10-4-2-3-7-17(19)20)11-5-6-12-27(21,22)23/h8-9,11,13H,2-7,10,12H2,1H3,(H2-,19,20,21,22,23,24,25,26)/p+1. The second-order valence-electron chi connectivity index (χ2n) is 6.43. The first-order valence-corrected chi connectivity index (χ1v) is 11.8. The van der Waals surface area contributed by atoms with E-state index >= 15 is 0 Å². The number of carboxylic acids is 1. The molecular formula is C17H26NO8S2+. The Balaban J connectivity index is 2.94. The molecule has 0 spiro atoms. The Hall–Kier alpha value is -1.82. The van der Waals surface area contributed by atoms with E-state index in [0.717, 1.165) is 0 Å². The monoisotopic (exact) mass is 436 g/mol. The number of benzene rings is 1. The van der Waals surface area contributed by atoms with Gasteiger partial charge < -0.3 is 5.11 Å². The van der Waals surface area contributed by atoms with Crippen LogP contribution in [0.4, 0.5) is 5.69 Å². The van der Waals surface area contributed by atoms with Crippen molar-refractivity contribution in [2.75, 3.05) is 12.3 Å². The van der Waals surface area contributed by atoms with E-state index in [0.29, 0.717) is 43.5 Å². The molecule has 1 aromatic carbocycles. The van der Waals surface area contributed by atoms with Crippen molar-refractivity contribution in [3.05, 3.63) is 23.8 Å². The summed E-state index contributed by atoms with van der Waals surface area (Å²) in [4.78, 5) is 10.4. The van der Waals surface area contributed by atoms with Gasteiger partial charge in [0.2, 0.25) is 5.69 Å². The van der Waals surface area contributed by atoms with Gasteiger partial charge in [-0.1, -0.05) is 0 Å². The molecule has 0 aromatic heterocycles. The lowest BCUT2D eigenvalue weighted by Crippen LogP contribution is -2.12. The van der Waals surface area contributed by atoms with Gasteiger partial charge in [-0.25, -0.2) is 4.58 Å². The van der Waals surface area contributed by atoms with E-state index in [2.05, 4.69) is 0 Å². The first-order chi connectivity index (χ1) is 12.9. The number of rotatable bonds is 12. The normalized spacial score (nSPS) is 12.9. The summed E-state index contributed by atoms with van der Waals surface area (Å²) in [6.07, 6.45) is 4.33. The fourth-order valence-electron chi connectivity index (χ4n) is 2.67. The third kappa shape index (κ3) is 9.40. The summed E-state index contributed by atoms with van der Waals surface area (Å²) < 4.78 is 64.0. The number of hydrogen-bond acceptors (Lipinski definition) is 5. The topological polar surface area (TPSA) is 149 Å². The third-order valence-corrected chi connectivity index (χ3v) is 5.68. The number of unbranched alkanes of at least 4 members (excludes halogenated alkanes) is 3. The molecule has 0 amide bonds. The number of hydrogen-bond donors (Lipinski definition) is 3. The Morgan fingerprint density at radius 2 is 1.75 bits per heavy atom. The summed E-state index contributed by atoms with van der Waals surface area (Å²) in [5.41, 5.74) is 1.30. The first kappa shape index (κ1) is 24.2. The molecule has 3 N–H and O–H groups in total. The van der Waals surface area contributed by atoms with Crippen molar-refractivity contribution < 1.29 is 40.4 Å². The van der Waals surface area contributed by atoms with Crippen LogP contribution in [0.15, 0.2) is 23.1 Å². The third-order valence-electron chi connectivity index (χ3n) is 4.02. The Morgan fingerprint density at radius 3 is 2.29 bits per heavy atom. The molecule has 0 saturated carbocycles. The quantitative estimate of drug-likeness (QED) is 0.195. The molecule has 9 nitrogen and oxygen atoms in total. The largest absolute Gasteiger partial charge is 0.481 e. The van der Waals surface area contributed by atoms with Crippen molar-refractivity contribution in [3.8, 4) is 0 Å². The summed E-state index contributed by atoms with van der Waals surface area (Å²) in [6.45, 7) is 2.21. The van der Waals surface area contributed by atoms with Crippen LogP contribution in [-0.4, -0.2) is 60.1 Å². The fourth-order valence-corrected chi connectivity index (χ4v) is 3.77. The number of aryl methyl sites for hydroxylation is 1. The van der Waals surface area contributed by atoms with Crippen LogP contribution in [0.5, 0.6) is 0 Å². The van der Waals surface area contributed by atoms with Crippen molar-refractivity contribution in [3.63, 3.8) is 0 Å². The molecule has 11 heteroatoms. The molecule has 1 aromatic rings. The molecule has 0 aliphatic heterocycles. The summed E-state index contributed by atoms with van der Waals surface area (Å²) in [7, 11) is -8.35. The van der Waals surface area contributed by atoms with Crippen LogP contribution in [-0.2, 0) is 25.0 Å². The van der Waals surface area contributed by atoms with E-state index in [9.17, 15) is 21.6 Å². The highest BCUT2D eigenvalue weighted by Gasteiger charge is 2.17. The number of carboxylic acid groups (broad SMARTS) is 1. The minimum Gasteiger partial charge on any atom is -0.481 e. The van der Waals surface area contributed by atoms with Crippen LogP contribution in [0.3, 0.4) is 0 Å². The van der Waals surface area contributed by atoms with Gasteiger partial charge in [0.05, 0.1) is 10.6 Å². The van der Waals surface area contributed by atoms with Gasteiger partial charge in [0.25, 0.3) is 20.2 Å². The van der Waals surface area contributed by atoms with E-state index in [-0.39, 0.29) is 23.5 Å². The maximum absolute atomic E-state index is 11.3. The minimum atomic E-state index is -4.32. The van der Waals surface area contributed by atoms with Crippen LogP contribution in [0.1, 0.15) is 44.1 Å². The molecule has 0 aliphatic rings. The first-order valence-electron chi connectivity index (χ1n) is 8.75. The molecule has 0 bridgehead atoms. The molecule has 0 aliphatic carbocycles. The van der Waals surface area contributed by atoms with Gasteiger partial charge in [-0.05, 0) is 38.3 Å². The lowest BCUT2D eigenvalue weighted by molar-refractivity contribution is -0.438. The molecule has 158 valence electrons. The molecule has 0 saturated heterocycles. The average Bonchev–Trinajstić information content (AvgIpc) is 2.54. The molecule has 0 fully saturated rings. The molecule has 0 atom stereocenters. The predicted molar refractivity (Wildman–Crippen MR) is 104 cm³/mol. The highest BCUT2D eigenvalue weighted by molar-refractivity contribution is 7.86. The van der Waals surface area contributed by atoms with Gasteiger partial charge in [-0.2, -0.15) is 16.8 Å². The smallest absolute Gasteiger partial charge is 0.303 e. The SMILES string of the molecule is Cc1cc(S(=O)(=O)O)ccc1[N+](=CCCCS(=O)(=O)O)CCCCCC(=O)O. The van der Waals surface area contributed by atoms with Crippen LogP contribution in [0, 0.1) is 6.92 Å². The fraction of sp³-hybridized carbons (Fsp3) is 0.529. The predicted octanol–water partition coefficient (Wildman–Crippen LogP) is 2.27. The molecule has 28 heavy (non-hydrogen) atoms. The molecule has 1 rings (SSSR count). The number of nitrogens with zero attached hydrogens (tertiary/aromatic N) is 1. The highest BCUT2D eigenvalue weighted by Crippen LogP contribution is 2.22. The Bertz CT molecular complexity index is 920. The van der Waals surface area contributed by atoms with E-state index in [1.807, 2.05) is 4.58 Å². The zero-order chi connectivity index (χ0) is 21.4. The maximum atomic E-state index is 11.3. The molecule has 0 radical (unpaired) electrons. The van der Waals surface area contributed by atoms with Gasteiger partial charge >= 0.3 is 5.97 Å². The van der Waals surface area contributed by atoms with Gasteiger partial charge in [0.1, 0.15) is 12.8 Å². The van der Waals surface area contributed by atoms with Gasteiger partial charge in [-0.3, -0.25) is 13.9 Å². The summed E-state index contributed by atoms with van der Waals surface area (Å²) in [5.74, 6) is -1.22. The zero-order valence-electron chi connectivity index (χ0n) is 15.6. The molecule has 0 heterocycles. The average molecular weight is 437 g/mol. The van der Waals surface area contributed by atoms with Crippen LogP contribution >= 0.6 is 0 Å². The summed E-state index contributed by atoms with van der Waals surface area (Å²) >= 11 is 0. The number of carbonyl (C=O) groups is 1. The van der Waals surface area contributed by atoms with Crippen LogP contribution in [0.25, 0.3) is 0 Å². The van der Waals surface area contributed by atoms with Crippen LogP contribution in [0.2, 0.25) is 0 Å². The van der Waals surface area contributed by atoms with Gasteiger partial charge in [-0.15, -0.1) is 0 Å². The van der Waals surface area contributed by atoms with E-state index in [4.69, 9.17) is 14.2 Å². The highest BCUT2D eigenvalue weighted by atomic mass is 32.2. The van der Waals surface area contributed by atoms with E-state index in [1.54, 1.807) is 19.2 Å². The lowest BCUT2D eigenvalue weighted by atomic mass is 10.1. The summed E-state index contributed by atoms with van der Waals surface area (Å²) in [6, 6.07) is 4.17.